The Morgan fingerprint density at radius 2 is 2.03 bits per heavy atom. The van der Waals surface area contributed by atoms with Crippen molar-refractivity contribution in [2.45, 2.75) is 6.42 Å². The quantitative estimate of drug-likeness (QED) is 0.594. The number of hydrogen-bond donors (Lipinski definition) is 2. The molecule has 0 radical (unpaired) electrons. The number of aromatic nitrogens is 2. The number of rotatable bonds is 7. The molecule has 0 fully saturated rings. The van der Waals surface area contributed by atoms with E-state index in [0.717, 1.165) is 18.2 Å². The maximum absolute atomic E-state index is 13.3. The van der Waals surface area contributed by atoms with Crippen LogP contribution in [0.5, 0.6) is 5.75 Å². The van der Waals surface area contributed by atoms with Crippen molar-refractivity contribution >= 4 is 33.7 Å². The van der Waals surface area contributed by atoms with E-state index in [-0.39, 0.29) is 31.2 Å². The summed E-state index contributed by atoms with van der Waals surface area (Å²) < 4.78 is 32.1. The highest BCUT2D eigenvalue weighted by atomic mass is 32.1. The molecular formula is C20H16F2N4O3S. The molecule has 0 atom stereocenters. The molecule has 3 aromatic rings. The van der Waals surface area contributed by atoms with Crippen LogP contribution in [0.3, 0.4) is 0 Å². The van der Waals surface area contributed by atoms with E-state index in [4.69, 9.17) is 9.84 Å². The summed E-state index contributed by atoms with van der Waals surface area (Å²) in [4.78, 5) is 25.9. The number of pyridine rings is 1. The molecule has 0 saturated heterocycles. The third-order valence-electron chi connectivity index (χ3n) is 4.24. The molecule has 0 saturated carbocycles. The zero-order valence-corrected chi connectivity index (χ0v) is 16.4. The van der Waals surface area contributed by atoms with Crippen LogP contribution in [0.25, 0.3) is 11.4 Å². The van der Waals surface area contributed by atoms with Crippen molar-refractivity contribution in [3.63, 3.8) is 0 Å². The van der Waals surface area contributed by atoms with Crippen LogP contribution in [0, 0.1) is 11.6 Å². The van der Waals surface area contributed by atoms with Crippen LogP contribution in [-0.2, 0) is 0 Å². The monoisotopic (exact) mass is 430 g/mol. The SMILES string of the molecule is O=C1CC(COc2cc(F)cc(F)c2)=Nc2c1ccnc2-c1csc(NCCO)n1. The summed E-state index contributed by atoms with van der Waals surface area (Å²) in [6.07, 6.45) is 1.56. The van der Waals surface area contributed by atoms with Gasteiger partial charge in [-0.1, -0.05) is 0 Å². The number of ether oxygens (including phenoxy) is 1. The number of nitrogens with zero attached hydrogens (tertiary/aromatic N) is 3. The van der Waals surface area contributed by atoms with Crippen molar-refractivity contribution in [3.05, 3.63) is 53.0 Å². The fraction of sp³-hybridized carbons (Fsp3) is 0.200. The molecule has 0 amide bonds. The smallest absolute Gasteiger partial charge is 0.183 e. The van der Waals surface area contributed by atoms with Gasteiger partial charge in [0, 0.05) is 41.9 Å². The molecule has 10 heteroatoms. The Labute approximate surface area is 174 Å². The average molecular weight is 430 g/mol. The van der Waals surface area contributed by atoms with Gasteiger partial charge < -0.3 is 15.2 Å². The Morgan fingerprint density at radius 1 is 1.23 bits per heavy atom. The van der Waals surface area contributed by atoms with Crippen molar-refractivity contribution in [2.75, 3.05) is 25.1 Å². The van der Waals surface area contributed by atoms with Gasteiger partial charge in [-0.25, -0.2) is 13.8 Å². The number of Topliss-reactive ketones (excluding diaryl/α,β-unsaturated/α-hetero) is 1. The van der Waals surface area contributed by atoms with E-state index >= 15 is 0 Å². The number of benzene rings is 1. The summed E-state index contributed by atoms with van der Waals surface area (Å²) in [6.45, 7) is 0.250. The van der Waals surface area contributed by atoms with Crippen molar-refractivity contribution in [2.24, 2.45) is 4.99 Å². The maximum atomic E-state index is 13.3. The Kier molecular flexibility index (Phi) is 5.77. The molecule has 4 rings (SSSR count). The first kappa shape index (κ1) is 20.0. The van der Waals surface area contributed by atoms with Crippen LogP contribution in [0.1, 0.15) is 16.8 Å². The molecule has 3 heterocycles. The van der Waals surface area contributed by atoms with Crippen molar-refractivity contribution in [1.82, 2.24) is 9.97 Å². The summed E-state index contributed by atoms with van der Waals surface area (Å²) in [5.41, 5.74) is 2.22. The number of ketones is 1. The van der Waals surface area contributed by atoms with Crippen LogP contribution in [0.2, 0.25) is 0 Å². The highest BCUT2D eigenvalue weighted by Crippen LogP contribution is 2.36. The molecule has 1 aromatic carbocycles. The molecule has 7 nitrogen and oxygen atoms in total. The second kappa shape index (κ2) is 8.64. The first-order valence-electron chi connectivity index (χ1n) is 9.01. The highest BCUT2D eigenvalue weighted by Gasteiger charge is 2.25. The first-order valence-corrected chi connectivity index (χ1v) is 9.89. The van der Waals surface area contributed by atoms with Gasteiger partial charge in [-0.3, -0.25) is 14.8 Å². The van der Waals surface area contributed by atoms with Crippen LogP contribution in [0.4, 0.5) is 19.6 Å². The number of aliphatic imine (C=N–C) groups is 1. The number of carbonyl (C=O) groups is 1. The molecule has 0 spiro atoms. The normalized spacial score (nSPS) is 13.0. The minimum Gasteiger partial charge on any atom is -0.487 e. The lowest BCUT2D eigenvalue weighted by Gasteiger charge is -2.17. The minimum atomic E-state index is -0.752. The van der Waals surface area contributed by atoms with Gasteiger partial charge in [-0.2, -0.15) is 0 Å². The topological polar surface area (TPSA) is 96.7 Å². The summed E-state index contributed by atoms with van der Waals surface area (Å²) >= 11 is 1.34. The van der Waals surface area contributed by atoms with E-state index in [2.05, 4.69) is 20.3 Å². The van der Waals surface area contributed by atoms with Gasteiger partial charge in [0.15, 0.2) is 10.9 Å². The van der Waals surface area contributed by atoms with Gasteiger partial charge in [-0.05, 0) is 6.07 Å². The summed E-state index contributed by atoms with van der Waals surface area (Å²) in [7, 11) is 0. The number of halogens is 2. The van der Waals surface area contributed by atoms with Crippen molar-refractivity contribution in [3.8, 4) is 17.1 Å². The average Bonchev–Trinajstić information content (AvgIpc) is 3.18. The van der Waals surface area contributed by atoms with Crippen LogP contribution in [0.15, 0.2) is 40.8 Å². The van der Waals surface area contributed by atoms with Gasteiger partial charge in [0.1, 0.15) is 41.1 Å². The number of anilines is 1. The van der Waals surface area contributed by atoms with Gasteiger partial charge in [0.2, 0.25) is 0 Å². The Balaban J connectivity index is 1.61. The van der Waals surface area contributed by atoms with E-state index in [9.17, 15) is 13.6 Å². The Morgan fingerprint density at radius 3 is 2.80 bits per heavy atom. The molecule has 30 heavy (non-hydrogen) atoms. The van der Waals surface area contributed by atoms with E-state index in [1.165, 1.54) is 17.5 Å². The lowest BCUT2D eigenvalue weighted by molar-refractivity contribution is 0.0998. The van der Waals surface area contributed by atoms with Gasteiger partial charge in [0.05, 0.1) is 18.7 Å². The van der Waals surface area contributed by atoms with E-state index in [1.54, 1.807) is 11.4 Å². The molecule has 154 valence electrons. The van der Waals surface area contributed by atoms with Gasteiger partial charge in [0.25, 0.3) is 0 Å². The molecule has 2 aromatic heterocycles. The summed E-state index contributed by atoms with van der Waals surface area (Å²) in [5.74, 6) is -1.64. The molecular weight excluding hydrogens is 414 g/mol. The van der Waals surface area contributed by atoms with Crippen LogP contribution < -0.4 is 10.1 Å². The molecule has 0 bridgehead atoms. The fourth-order valence-corrected chi connectivity index (χ4v) is 3.67. The number of thiazole rings is 1. The number of aliphatic hydroxyl groups is 1. The standard InChI is InChI=1S/C20H16F2N4O3S/c21-11-5-12(22)7-14(6-11)29-9-13-8-17(28)15-1-2-23-19(18(15)25-13)16-10-30-20(26-16)24-3-4-27/h1-2,5-7,10,27H,3-4,8-9H2,(H,24,26). The van der Waals surface area contributed by atoms with E-state index in [1.807, 2.05) is 0 Å². The predicted molar refractivity (Wildman–Crippen MR) is 109 cm³/mol. The number of aliphatic hydroxyl groups excluding tert-OH is 1. The number of carbonyl (C=O) groups excluding carboxylic acids is 1. The molecule has 2 N–H and O–H groups in total. The van der Waals surface area contributed by atoms with Crippen molar-refractivity contribution < 1.29 is 23.4 Å². The van der Waals surface area contributed by atoms with Crippen LogP contribution >= 0.6 is 11.3 Å². The lowest BCUT2D eigenvalue weighted by Crippen LogP contribution is -2.20. The second-order valence-corrected chi connectivity index (χ2v) is 7.27. The Hall–Kier alpha value is -3.24. The summed E-state index contributed by atoms with van der Waals surface area (Å²) in [6, 6.07) is 4.47. The maximum Gasteiger partial charge on any atom is 0.183 e. The first-order chi connectivity index (χ1) is 14.5. The molecule has 0 aliphatic carbocycles. The second-order valence-electron chi connectivity index (χ2n) is 6.42. The number of nitrogens with one attached hydrogen (secondary N) is 1. The summed E-state index contributed by atoms with van der Waals surface area (Å²) in [5, 5.41) is 14.3. The lowest BCUT2D eigenvalue weighted by atomic mass is 9.99. The van der Waals surface area contributed by atoms with E-state index < -0.39 is 11.6 Å². The zero-order chi connectivity index (χ0) is 21.1. The van der Waals surface area contributed by atoms with E-state index in [0.29, 0.717) is 40.0 Å². The molecule has 1 aliphatic heterocycles. The fourth-order valence-electron chi connectivity index (χ4n) is 2.95. The third-order valence-corrected chi connectivity index (χ3v) is 5.04. The highest BCUT2D eigenvalue weighted by molar-refractivity contribution is 7.14. The zero-order valence-electron chi connectivity index (χ0n) is 15.6. The molecule has 1 aliphatic rings. The third kappa shape index (κ3) is 4.34. The van der Waals surface area contributed by atoms with Gasteiger partial charge in [-0.15, -0.1) is 11.3 Å². The van der Waals surface area contributed by atoms with Gasteiger partial charge >= 0.3 is 0 Å². The predicted octanol–water partition coefficient (Wildman–Crippen LogP) is 3.63. The minimum absolute atomic E-state index is 0.0129. The van der Waals surface area contributed by atoms with Crippen molar-refractivity contribution in [1.29, 1.82) is 0 Å². The molecule has 0 unspecified atom stereocenters. The number of hydrogen-bond acceptors (Lipinski definition) is 8. The van der Waals surface area contributed by atoms with Crippen LogP contribution in [-0.4, -0.2) is 46.3 Å². The largest absolute Gasteiger partial charge is 0.487 e. The Bertz CT molecular complexity index is 1110. The number of fused-ring (bicyclic) bond motifs is 1.